The van der Waals surface area contributed by atoms with E-state index in [9.17, 15) is 9.46 Å². The average Bonchev–Trinajstić information content (AvgIpc) is 2.54. The molecular weight excluding hydrogens is 329 g/mol. The number of unbranched alkanes of at least 4 members (excludes halogenated alkanes) is 13. The summed E-state index contributed by atoms with van der Waals surface area (Å²) in [7, 11) is 1.05. The molecule has 0 heterocycles. The molecule has 1 unspecified atom stereocenters. The monoisotopic (exact) mass is 375 g/mol. The second-order valence-corrected chi connectivity index (χ2v) is 10.7. The summed E-state index contributed by atoms with van der Waals surface area (Å²) in [6, 6.07) is 0. The summed E-state index contributed by atoms with van der Waals surface area (Å²) >= 11 is 0. The van der Waals surface area contributed by atoms with Crippen LogP contribution >= 0.6 is 7.37 Å². The number of hydrogen-bond acceptors (Lipinski definition) is 2. The van der Waals surface area contributed by atoms with E-state index in [0.29, 0.717) is 12.3 Å². The lowest BCUT2D eigenvalue weighted by atomic mass is 10.0. The normalized spacial score (nSPS) is 14.1. The molecule has 4 heteroatoms. The van der Waals surface area contributed by atoms with Crippen molar-refractivity contribution in [2.24, 2.45) is 0 Å². The van der Waals surface area contributed by atoms with E-state index in [2.05, 4.69) is 21.0 Å². The molecule has 152 valence electrons. The van der Waals surface area contributed by atoms with Gasteiger partial charge in [-0.25, -0.2) is 0 Å². The van der Waals surface area contributed by atoms with Crippen LogP contribution in [-0.2, 0) is 4.57 Å². The lowest BCUT2D eigenvalue weighted by Crippen LogP contribution is -3.05. The van der Waals surface area contributed by atoms with Crippen LogP contribution in [0.25, 0.3) is 0 Å². The second kappa shape index (κ2) is 17.6. The molecule has 0 bridgehead atoms. The third kappa shape index (κ3) is 20.3. The Kier molecular flexibility index (Phi) is 17.7. The predicted octanol–water partition coefficient (Wildman–Crippen LogP) is 4.64. The van der Waals surface area contributed by atoms with E-state index in [0.717, 1.165) is 25.8 Å². The van der Waals surface area contributed by atoms with Crippen LogP contribution < -0.4 is 9.79 Å². The smallest absolute Gasteiger partial charge is 0.0770 e. The fraction of sp³-hybridized carbons (Fsp3) is 1.00. The Morgan fingerprint density at radius 2 is 1.00 bits per heavy atom. The van der Waals surface area contributed by atoms with Gasteiger partial charge in [-0.05, 0) is 18.7 Å². The van der Waals surface area contributed by atoms with Gasteiger partial charge in [0.2, 0.25) is 0 Å². The first-order chi connectivity index (χ1) is 12.0. The molecule has 0 aliphatic rings. The van der Waals surface area contributed by atoms with E-state index in [4.69, 9.17) is 0 Å². The van der Waals surface area contributed by atoms with Crippen LogP contribution in [0.4, 0.5) is 0 Å². The van der Waals surface area contributed by atoms with Crippen LogP contribution in [-0.4, -0.2) is 33.0 Å². The lowest BCUT2D eigenvalue weighted by Gasteiger charge is -2.23. The van der Waals surface area contributed by atoms with Gasteiger partial charge in [0.25, 0.3) is 0 Å². The molecule has 1 atom stereocenters. The molecule has 0 spiro atoms. The molecule has 0 aliphatic heterocycles. The minimum absolute atomic E-state index is 0.399. The van der Waals surface area contributed by atoms with E-state index in [1.54, 1.807) is 0 Å². The molecule has 0 fully saturated rings. The van der Waals surface area contributed by atoms with Crippen LogP contribution in [0.3, 0.4) is 0 Å². The van der Waals surface area contributed by atoms with Crippen molar-refractivity contribution in [3.8, 4) is 0 Å². The van der Waals surface area contributed by atoms with E-state index in [1.807, 2.05) is 0 Å². The molecule has 0 aromatic carbocycles. The Bertz CT molecular complexity index is 321. The van der Waals surface area contributed by atoms with Crippen LogP contribution in [0.15, 0.2) is 0 Å². The maximum absolute atomic E-state index is 11.9. The zero-order valence-corrected chi connectivity index (χ0v) is 18.4. The molecule has 25 heavy (non-hydrogen) atoms. The van der Waals surface area contributed by atoms with Crippen molar-refractivity contribution >= 4 is 7.37 Å². The maximum Gasteiger partial charge on any atom is 0.0770 e. The first-order valence-corrected chi connectivity index (χ1v) is 13.1. The Morgan fingerprint density at radius 1 is 0.640 bits per heavy atom. The maximum atomic E-state index is 11.9. The summed E-state index contributed by atoms with van der Waals surface area (Å²) in [4.78, 5) is 13.3. The van der Waals surface area contributed by atoms with E-state index in [1.165, 1.54) is 81.9 Å². The van der Waals surface area contributed by atoms with Crippen molar-refractivity contribution in [2.75, 3.05) is 33.0 Å². The van der Waals surface area contributed by atoms with Gasteiger partial charge in [-0.1, -0.05) is 90.4 Å². The first-order valence-electron chi connectivity index (χ1n) is 11.1. The van der Waals surface area contributed by atoms with Crippen molar-refractivity contribution in [1.82, 2.24) is 0 Å². The standard InChI is InChI=1S/C21H46NO2P/c1-4-5-6-7-8-9-10-11-12-13-14-15-16-17-20-25(23,24)21-18-19-22(2)3/h4-21H2,1-3H3,(H,23,24). The number of hydrogen-bond donors (Lipinski definition) is 1. The fourth-order valence-electron chi connectivity index (χ4n) is 3.33. The van der Waals surface area contributed by atoms with Crippen molar-refractivity contribution in [3.63, 3.8) is 0 Å². The first kappa shape index (κ1) is 25.1. The average molecular weight is 376 g/mol. The topological polar surface area (TPSA) is 44.6 Å². The quantitative estimate of drug-likeness (QED) is 0.264. The van der Waals surface area contributed by atoms with Gasteiger partial charge < -0.3 is 14.4 Å². The molecule has 0 aromatic heterocycles. The largest absolute Gasteiger partial charge is 0.799 e. The Hall–Kier alpha value is 0.150. The van der Waals surface area contributed by atoms with Gasteiger partial charge in [0.1, 0.15) is 0 Å². The molecule has 0 rings (SSSR count). The summed E-state index contributed by atoms with van der Waals surface area (Å²) in [5, 5.41) is 0. The van der Waals surface area contributed by atoms with Crippen molar-refractivity contribution < 1.29 is 14.4 Å². The van der Waals surface area contributed by atoms with Crippen molar-refractivity contribution in [1.29, 1.82) is 0 Å². The van der Waals surface area contributed by atoms with Crippen LogP contribution in [0.2, 0.25) is 0 Å². The second-order valence-electron chi connectivity index (χ2n) is 8.17. The van der Waals surface area contributed by atoms with Gasteiger partial charge in [0, 0.05) is 13.8 Å². The van der Waals surface area contributed by atoms with Crippen LogP contribution in [0.1, 0.15) is 103 Å². The fourth-order valence-corrected chi connectivity index (χ4v) is 4.90. The highest BCUT2D eigenvalue weighted by molar-refractivity contribution is 7.56. The van der Waals surface area contributed by atoms with Gasteiger partial charge in [-0.2, -0.15) is 0 Å². The Balaban J connectivity index is 3.26. The summed E-state index contributed by atoms with van der Waals surface area (Å²) < 4.78 is 11.9. The molecule has 3 nitrogen and oxygen atoms in total. The summed E-state index contributed by atoms with van der Waals surface area (Å²) in [5.41, 5.74) is 0. The summed E-state index contributed by atoms with van der Waals surface area (Å²) in [5.74, 6) is 0. The molecule has 0 aliphatic carbocycles. The molecule has 1 N–H and O–H groups in total. The molecular formula is C21H46NO2P. The van der Waals surface area contributed by atoms with E-state index in [-0.39, 0.29) is 0 Å². The minimum atomic E-state index is -3.10. The van der Waals surface area contributed by atoms with Gasteiger partial charge >= 0.3 is 0 Å². The lowest BCUT2D eigenvalue weighted by molar-refractivity contribution is -0.858. The predicted molar refractivity (Wildman–Crippen MR) is 110 cm³/mol. The van der Waals surface area contributed by atoms with Gasteiger partial charge in [0.15, 0.2) is 0 Å². The van der Waals surface area contributed by atoms with E-state index >= 15 is 0 Å². The van der Waals surface area contributed by atoms with Gasteiger partial charge in [-0.15, -0.1) is 0 Å². The van der Waals surface area contributed by atoms with Gasteiger partial charge in [-0.3, -0.25) is 0 Å². The highest BCUT2D eigenvalue weighted by Crippen LogP contribution is 2.37. The Morgan fingerprint density at radius 3 is 1.40 bits per heavy atom. The zero-order chi connectivity index (χ0) is 18.8. The third-order valence-electron chi connectivity index (χ3n) is 5.03. The zero-order valence-electron chi connectivity index (χ0n) is 17.5. The molecule has 0 radical (unpaired) electrons. The SMILES string of the molecule is CCCCCCCCCCCCCCCCP(=O)([O-])CCC[NH+](C)C. The molecule has 0 aromatic rings. The highest BCUT2D eigenvalue weighted by atomic mass is 31.2. The molecule has 0 saturated heterocycles. The summed E-state index contributed by atoms with van der Waals surface area (Å²) in [6.45, 7) is 3.22. The number of quaternary nitrogens is 1. The number of nitrogens with one attached hydrogen (secondary N) is 1. The summed E-state index contributed by atoms with van der Waals surface area (Å²) in [6.07, 6.45) is 20.0. The Labute approximate surface area is 158 Å². The van der Waals surface area contributed by atoms with Crippen molar-refractivity contribution in [2.45, 2.75) is 103 Å². The van der Waals surface area contributed by atoms with Crippen molar-refractivity contribution in [3.05, 3.63) is 0 Å². The number of rotatable bonds is 19. The third-order valence-corrected chi connectivity index (χ3v) is 7.02. The van der Waals surface area contributed by atoms with E-state index < -0.39 is 7.37 Å². The highest BCUT2D eigenvalue weighted by Gasteiger charge is 2.08. The molecule has 0 amide bonds. The van der Waals surface area contributed by atoms with Gasteiger partial charge in [0.05, 0.1) is 20.6 Å². The minimum Gasteiger partial charge on any atom is -0.799 e. The molecule has 0 saturated carbocycles. The van der Waals surface area contributed by atoms with Crippen LogP contribution in [0, 0.1) is 0 Å². The van der Waals surface area contributed by atoms with Crippen LogP contribution in [0.5, 0.6) is 0 Å².